The van der Waals surface area contributed by atoms with Crippen molar-refractivity contribution in [3.05, 3.63) is 52.1 Å². The Morgan fingerprint density at radius 1 is 1.00 bits per heavy atom. The van der Waals surface area contributed by atoms with Gasteiger partial charge in [-0.1, -0.05) is 12.1 Å². The van der Waals surface area contributed by atoms with Crippen LogP contribution >= 0.6 is 22.6 Å². The van der Waals surface area contributed by atoms with E-state index in [4.69, 9.17) is 0 Å². The van der Waals surface area contributed by atoms with Crippen LogP contribution in [0.1, 0.15) is 0 Å². The van der Waals surface area contributed by atoms with Gasteiger partial charge in [-0.25, -0.2) is 4.79 Å². The Kier molecular flexibility index (Phi) is 4.03. The fraction of sp³-hybridized carbons (Fsp3) is 0. The molecule has 92 valence electrons. The Bertz CT molecular complexity index is 523. The number of halogens is 1. The third-order valence-corrected chi connectivity index (χ3v) is 2.86. The minimum absolute atomic E-state index is 0.113. The lowest BCUT2D eigenvalue weighted by molar-refractivity contribution is 0.262. The molecule has 0 saturated carbocycles. The van der Waals surface area contributed by atoms with Gasteiger partial charge in [0.15, 0.2) is 0 Å². The molecule has 3 N–H and O–H groups in total. The van der Waals surface area contributed by atoms with E-state index in [0.29, 0.717) is 5.69 Å². The summed E-state index contributed by atoms with van der Waals surface area (Å²) in [4.78, 5) is 11.7. The van der Waals surface area contributed by atoms with Crippen molar-refractivity contribution in [2.45, 2.75) is 0 Å². The van der Waals surface area contributed by atoms with Crippen molar-refractivity contribution in [1.29, 1.82) is 0 Å². The monoisotopic (exact) mass is 354 g/mol. The van der Waals surface area contributed by atoms with Crippen LogP contribution in [0, 0.1) is 3.57 Å². The third kappa shape index (κ3) is 3.63. The van der Waals surface area contributed by atoms with Crippen LogP contribution in [0.25, 0.3) is 0 Å². The summed E-state index contributed by atoms with van der Waals surface area (Å²) in [5.41, 5.74) is 1.26. The van der Waals surface area contributed by atoms with Gasteiger partial charge in [-0.2, -0.15) is 0 Å². The second-order valence-electron chi connectivity index (χ2n) is 3.64. The standard InChI is InChI=1S/C13H11IN2O2/c14-9-3-1-4-10(7-9)15-13(18)16-11-5-2-6-12(17)8-11/h1-8,17H,(H2,15,16,18). The average Bonchev–Trinajstić information content (AvgIpc) is 2.28. The van der Waals surface area contributed by atoms with Crippen LogP contribution < -0.4 is 10.6 Å². The second kappa shape index (κ2) is 5.72. The maximum atomic E-state index is 11.7. The molecule has 0 aliphatic carbocycles. The highest BCUT2D eigenvalue weighted by Crippen LogP contribution is 2.16. The summed E-state index contributed by atoms with van der Waals surface area (Å²) in [6, 6.07) is 13.5. The Labute approximate surface area is 118 Å². The molecule has 0 aliphatic heterocycles. The summed E-state index contributed by atoms with van der Waals surface area (Å²) >= 11 is 2.18. The fourth-order valence-electron chi connectivity index (χ4n) is 1.44. The van der Waals surface area contributed by atoms with Gasteiger partial charge in [0.05, 0.1) is 0 Å². The molecule has 2 aromatic carbocycles. The topological polar surface area (TPSA) is 61.4 Å². The molecule has 0 aliphatic rings. The molecular formula is C13H11IN2O2. The number of phenolic OH excluding ortho intramolecular Hbond substituents is 1. The number of amides is 2. The van der Waals surface area contributed by atoms with Crippen molar-refractivity contribution in [2.24, 2.45) is 0 Å². The lowest BCUT2D eigenvalue weighted by Gasteiger charge is -2.08. The van der Waals surface area contributed by atoms with E-state index in [-0.39, 0.29) is 11.8 Å². The molecule has 0 radical (unpaired) electrons. The van der Waals surface area contributed by atoms with Crippen molar-refractivity contribution in [3.8, 4) is 5.75 Å². The van der Waals surface area contributed by atoms with E-state index in [2.05, 4.69) is 33.2 Å². The van der Waals surface area contributed by atoms with Crippen LogP contribution in [-0.4, -0.2) is 11.1 Å². The molecule has 0 unspecified atom stereocenters. The zero-order valence-corrected chi connectivity index (χ0v) is 11.5. The maximum absolute atomic E-state index is 11.7. The molecule has 5 heteroatoms. The molecule has 4 nitrogen and oxygen atoms in total. The van der Waals surface area contributed by atoms with E-state index < -0.39 is 0 Å². The number of phenols is 1. The summed E-state index contributed by atoms with van der Waals surface area (Å²) in [6.07, 6.45) is 0. The first kappa shape index (κ1) is 12.7. The van der Waals surface area contributed by atoms with Crippen molar-refractivity contribution < 1.29 is 9.90 Å². The SMILES string of the molecule is O=C(Nc1cccc(O)c1)Nc1cccc(I)c1. The van der Waals surface area contributed by atoms with Gasteiger partial charge in [0.1, 0.15) is 5.75 Å². The highest BCUT2D eigenvalue weighted by Gasteiger charge is 2.03. The van der Waals surface area contributed by atoms with Crippen LogP contribution in [0.15, 0.2) is 48.5 Å². The Balaban J connectivity index is 2.01. The van der Waals surface area contributed by atoms with Gasteiger partial charge in [0.25, 0.3) is 0 Å². The number of carbonyl (C=O) groups excluding carboxylic acids is 1. The van der Waals surface area contributed by atoms with Crippen molar-refractivity contribution >= 4 is 40.0 Å². The molecule has 0 fully saturated rings. The van der Waals surface area contributed by atoms with Crippen LogP contribution in [0.3, 0.4) is 0 Å². The lowest BCUT2D eigenvalue weighted by atomic mass is 10.3. The number of hydrogen-bond donors (Lipinski definition) is 3. The predicted octanol–water partition coefficient (Wildman–Crippen LogP) is 3.64. The average molecular weight is 354 g/mol. The van der Waals surface area contributed by atoms with Gasteiger partial charge >= 0.3 is 6.03 Å². The second-order valence-corrected chi connectivity index (χ2v) is 4.89. The van der Waals surface area contributed by atoms with Crippen molar-refractivity contribution in [2.75, 3.05) is 10.6 Å². The molecule has 2 aromatic rings. The fourth-order valence-corrected chi connectivity index (χ4v) is 1.99. The van der Waals surface area contributed by atoms with Crippen LogP contribution in [0.5, 0.6) is 5.75 Å². The summed E-state index contributed by atoms with van der Waals surface area (Å²) in [5.74, 6) is 0.113. The highest BCUT2D eigenvalue weighted by molar-refractivity contribution is 14.1. The zero-order valence-electron chi connectivity index (χ0n) is 9.35. The van der Waals surface area contributed by atoms with E-state index >= 15 is 0 Å². The van der Waals surface area contributed by atoms with E-state index in [1.165, 1.54) is 6.07 Å². The normalized spacial score (nSPS) is 9.83. The molecule has 0 bridgehead atoms. The van der Waals surface area contributed by atoms with Gasteiger partial charge < -0.3 is 15.7 Å². The van der Waals surface area contributed by atoms with E-state index in [1.54, 1.807) is 18.2 Å². The minimum Gasteiger partial charge on any atom is -0.508 e. The number of anilines is 2. The maximum Gasteiger partial charge on any atom is 0.323 e. The molecule has 2 amide bonds. The number of urea groups is 1. The first-order chi connectivity index (χ1) is 8.63. The van der Waals surface area contributed by atoms with Crippen LogP contribution in [0.4, 0.5) is 16.2 Å². The first-order valence-corrected chi connectivity index (χ1v) is 6.34. The van der Waals surface area contributed by atoms with Gasteiger partial charge in [0.2, 0.25) is 0 Å². The Morgan fingerprint density at radius 3 is 2.22 bits per heavy atom. The molecule has 2 rings (SSSR count). The molecular weight excluding hydrogens is 343 g/mol. The van der Waals surface area contributed by atoms with Crippen molar-refractivity contribution in [1.82, 2.24) is 0 Å². The number of rotatable bonds is 2. The molecule has 0 aromatic heterocycles. The number of aromatic hydroxyl groups is 1. The zero-order chi connectivity index (χ0) is 13.0. The van der Waals surface area contributed by atoms with Crippen LogP contribution in [-0.2, 0) is 0 Å². The van der Waals surface area contributed by atoms with Gasteiger partial charge in [-0.05, 0) is 52.9 Å². The first-order valence-electron chi connectivity index (χ1n) is 5.26. The van der Waals surface area contributed by atoms with E-state index in [0.717, 1.165) is 9.26 Å². The molecule has 0 heterocycles. The summed E-state index contributed by atoms with van der Waals surface area (Å²) < 4.78 is 1.04. The summed E-state index contributed by atoms with van der Waals surface area (Å²) in [7, 11) is 0. The smallest absolute Gasteiger partial charge is 0.323 e. The lowest BCUT2D eigenvalue weighted by Crippen LogP contribution is -2.19. The number of benzene rings is 2. The molecule has 0 atom stereocenters. The number of carbonyl (C=O) groups is 1. The van der Waals surface area contributed by atoms with Crippen molar-refractivity contribution in [3.63, 3.8) is 0 Å². The Hall–Kier alpha value is -1.76. The number of hydrogen-bond acceptors (Lipinski definition) is 2. The highest BCUT2D eigenvalue weighted by atomic mass is 127. The summed E-state index contributed by atoms with van der Waals surface area (Å²) in [5, 5.41) is 14.6. The van der Waals surface area contributed by atoms with Gasteiger partial charge in [-0.15, -0.1) is 0 Å². The molecule has 0 saturated heterocycles. The summed E-state index contributed by atoms with van der Waals surface area (Å²) in [6.45, 7) is 0. The predicted molar refractivity (Wildman–Crippen MR) is 79.9 cm³/mol. The molecule has 0 spiro atoms. The van der Waals surface area contributed by atoms with E-state index in [1.807, 2.05) is 24.3 Å². The van der Waals surface area contributed by atoms with Gasteiger partial charge in [-0.3, -0.25) is 0 Å². The number of nitrogens with one attached hydrogen (secondary N) is 2. The van der Waals surface area contributed by atoms with Gasteiger partial charge in [0, 0.05) is 21.0 Å². The Morgan fingerprint density at radius 2 is 1.61 bits per heavy atom. The van der Waals surface area contributed by atoms with Crippen LogP contribution in [0.2, 0.25) is 0 Å². The molecule has 18 heavy (non-hydrogen) atoms. The third-order valence-electron chi connectivity index (χ3n) is 2.19. The minimum atomic E-state index is -0.345. The van der Waals surface area contributed by atoms with E-state index in [9.17, 15) is 9.90 Å². The quantitative estimate of drug-likeness (QED) is 0.721. The largest absolute Gasteiger partial charge is 0.508 e.